The van der Waals surface area contributed by atoms with Crippen molar-refractivity contribution in [1.82, 2.24) is 14.3 Å². The lowest BCUT2D eigenvalue weighted by atomic mass is 10.3. The van der Waals surface area contributed by atoms with Crippen molar-refractivity contribution in [3.63, 3.8) is 0 Å². The highest BCUT2D eigenvalue weighted by atomic mass is 32.1. The Labute approximate surface area is 119 Å². The van der Waals surface area contributed by atoms with Gasteiger partial charge in [0.05, 0.1) is 4.92 Å². The van der Waals surface area contributed by atoms with Gasteiger partial charge in [0.2, 0.25) is 10.9 Å². The van der Waals surface area contributed by atoms with Gasteiger partial charge < -0.3 is 9.80 Å². The van der Waals surface area contributed by atoms with Gasteiger partial charge in [0, 0.05) is 50.0 Å². The zero-order valence-corrected chi connectivity index (χ0v) is 11.4. The van der Waals surface area contributed by atoms with E-state index in [2.05, 4.69) is 19.2 Å². The third kappa shape index (κ3) is 2.39. The maximum absolute atomic E-state index is 11.0. The number of hydrogen-bond acceptors (Lipinski definition) is 8. The van der Waals surface area contributed by atoms with E-state index in [0.717, 1.165) is 18.2 Å². The van der Waals surface area contributed by atoms with E-state index in [4.69, 9.17) is 0 Å². The quantitative estimate of drug-likeness (QED) is 0.619. The number of pyridine rings is 1. The summed E-state index contributed by atoms with van der Waals surface area (Å²) in [6, 6.07) is 3.07. The molecule has 2 aromatic heterocycles. The van der Waals surface area contributed by atoms with E-state index in [9.17, 15) is 10.1 Å². The molecular formula is C11H12N6O2S. The first-order valence-corrected chi connectivity index (χ1v) is 6.89. The molecule has 1 saturated heterocycles. The molecule has 3 rings (SSSR count). The van der Waals surface area contributed by atoms with Crippen LogP contribution in [0.4, 0.5) is 16.6 Å². The zero-order valence-electron chi connectivity index (χ0n) is 10.5. The number of nitrogens with zero attached hydrogens (tertiary/aromatic N) is 6. The first-order valence-electron chi connectivity index (χ1n) is 6.11. The Morgan fingerprint density at radius 2 is 1.95 bits per heavy atom. The van der Waals surface area contributed by atoms with Gasteiger partial charge >= 0.3 is 5.69 Å². The van der Waals surface area contributed by atoms with Gasteiger partial charge in [0.1, 0.15) is 6.33 Å². The van der Waals surface area contributed by atoms with Gasteiger partial charge in [-0.25, -0.2) is 9.97 Å². The summed E-state index contributed by atoms with van der Waals surface area (Å²) < 4.78 is 3.99. The van der Waals surface area contributed by atoms with Crippen molar-refractivity contribution in [3.8, 4) is 0 Å². The molecule has 20 heavy (non-hydrogen) atoms. The Kier molecular flexibility index (Phi) is 3.42. The van der Waals surface area contributed by atoms with Crippen LogP contribution in [0.15, 0.2) is 24.7 Å². The molecule has 9 heteroatoms. The molecule has 104 valence electrons. The van der Waals surface area contributed by atoms with E-state index in [1.807, 2.05) is 4.90 Å². The van der Waals surface area contributed by atoms with Gasteiger partial charge in [0.15, 0.2) is 0 Å². The van der Waals surface area contributed by atoms with Crippen LogP contribution in [-0.2, 0) is 0 Å². The van der Waals surface area contributed by atoms with Crippen LogP contribution in [0.3, 0.4) is 0 Å². The van der Waals surface area contributed by atoms with Crippen molar-refractivity contribution in [2.45, 2.75) is 0 Å². The van der Waals surface area contributed by atoms with Crippen molar-refractivity contribution in [1.29, 1.82) is 0 Å². The summed E-state index contributed by atoms with van der Waals surface area (Å²) in [5.74, 6) is 0.439. The van der Waals surface area contributed by atoms with Crippen LogP contribution in [0, 0.1) is 10.1 Å². The molecular weight excluding hydrogens is 280 g/mol. The molecule has 3 heterocycles. The third-order valence-corrected chi connectivity index (χ3v) is 3.89. The predicted molar refractivity (Wildman–Crippen MR) is 75.2 cm³/mol. The first kappa shape index (κ1) is 12.7. The van der Waals surface area contributed by atoms with Gasteiger partial charge in [-0.1, -0.05) is 0 Å². The highest BCUT2D eigenvalue weighted by molar-refractivity contribution is 7.09. The molecule has 0 radical (unpaired) electrons. The summed E-state index contributed by atoms with van der Waals surface area (Å²) in [4.78, 5) is 23.0. The molecule has 1 fully saturated rings. The Balaban J connectivity index is 1.74. The lowest BCUT2D eigenvalue weighted by Gasteiger charge is -2.34. The highest BCUT2D eigenvalue weighted by Crippen LogP contribution is 2.26. The van der Waals surface area contributed by atoms with Gasteiger partial charge in [-0.3, -0.25) is 10.1 Å². The molecule has 0 amide bonds. The Bertz CT molecular complexity index is 597. The van der Waals surface area contributed by atoms with Crippen molar-refractivity contribution in [3.05, 3.63) is 34.8 Å². The third-order valence-electron chi connectivity index (χ3n) is 3.16. The maximum atomic E-state index is 11.0. The molecule has 0 aromatic carbocycles. The highest BCUT2D eigenvalue weighted by Gasteiger charge is 2.25. The fourth-order valence-electron chi connectivity index (χ4n) is 2.19. The number of anilines is 2. The van der Waals surface area contributed by atoms with E-state index >= 15 is 0 Å². The minimum Gasteiger partial charge on any atom is -0.347 e. The average molecular weight is 292 g/mol. The van der Waals surface area contributed by atoms with E-state index in [0.29, 0.717) is 18.9 Å². The van der Waals surface area contributed by atoms with Crippen molar-refractivity contribution >= 4 is 28.2 Å². The molecule has 8 nitrogen and oxygen atoms in total. The van der Waals surface area contributed by atoms with Gasteiger partial charge in [-0.2, -0.15) is 4.37 Å². The van der Waals surface area contributed by atoms with Crippen LogP contribution in [-0.4, -0.2) is 45.4 Å². The maximum Gasteiger partial charge on any atom is 0.311 e. The Morgan fingerprint density at radius 1 is 1.20 bits per heavy atom. The van der Waals surface area contributed by atoms with Gasteiger partial charge in [-0.05, 0) is 6.07 Å². The number of nitro groups is 1. The lowest BCUT2D eigenvalue weighted by Crippen LogP contribution is -2.47. The summed E-state index contributed by atoms with van der Waals surface area (Å²) in [5, 5.41) is 11.9. The van der Waals surface area contributed by atoms with E-state index in [-0.39, 0.29) is 10.6 Å². The number of hydrogen-bond donors (Lipinski definition) is 0. The minimum atomic E-state index is -0.389. The minimum absolute atomic E-state index is 0.0527. The normalized spacial score (nSPS) is 15.4. The van der Waals surface area contributed by atoms with Crippen LogP contribution in [0.25, 0.3) is 0 Å². The van der Waals surface area contributed by atoms with E-state index < -0.39 is 0 Å². The number of piperazine rings is 1. The van der Waals surface area contributed by atoms with Crippen molar-refractivity contribution in [2.75, 3.05) is 36.0 Å². The van der Waals surface area contributed by atoms with E-state index in [1.165, 1.54) is 23.9 Å². The van der Waals surface area contributed by atoms with Gasteiger partial charge in [-0.15, -0.1) is 0 Å². The molecule has 0 saturated carbocycles. The summed E-state index contributed by atoms with van der Waals surface area (Å²) in [6.45, 7) is 2.86. The van der Waals surface area contributed by atoms with Gasteiger partial charge in [0.25, 0.3) is 0 Å². The smallest absolute Gasteiger partial charge is 0.311 e. The second kappa shape index (κ2) is 5.37. The standard InChI is InChI=1S/C11H12N6O2S/c18-17(19)9-2-1-3-12-10(9)15-4-6-16(7-5-15)11-13-8-14-20-11/h1-3,8H,4-7H2. The van der Waals surface area contributed by atoms with Crippen molar-refractivity contribution in [2.24, 2.45) is 0 Å². The molecule has 0 bridgehead atoms. The van der Waals surface area contributed by atoms with Crippen LogP contribution in [0.1, 0.15) is 0 Å². The summed E-state index contributed by atoms with van der Waals surface area (Å²) in [6.07, 6.45) is 3.12. The SMILES string of the molecule is O=[N+]([O-])c1cccnc1N1CCN(c2ncns2)CC1. The number of rotatable bonds is 3. The molecule has 0 aliphatic carbocycles. The number of aromatic nitrogens is 3. The predicted octanol–water partition coefficient (Wildman–Crippen LogP) is 1.17. The molecule has 0 atom stereocenters. The van der Waals surface area contributed by atoms with Crippen molar-refractivity contribution < 1.29 is 4.92 Å². The van der Waals surface area contributed by atoms with Crippen LogP contribution < -0.4 is 9.80 Å². The van der Waals surface area contributed by atoms with Crippen LogP contribution in [0.2, 0.25) is 0 Å². The zero-order chi connectivity index (χ0) is 13.9. The molecule has 1 aliphatic rings. The Hall–Kier alpha value is -2.29. The Morgan fingerprint density at radius 3 is 2.60 bits per heavy atom. The topological polar surface area (TPSA) is 88.3 Å². The summed E-state index contributed by atoms with van der Waals surface area (Å²) >= 11 is 1.36. The van der Waals surface area contributed by atoms with Crippen LogP contribution >= 0.6 is 11.5 Å². The second-order valence-electron chi connectivity index (χ2n) is 4.30. The summed E-state index contributed by atoms with van der Waals surface area (Å²) in [5.41, 5.74) is 0.0527. The van der Waals surface area contributed by atoms with Crippen LogP contribution in [0.5, 0.6) is 0 Å². The second-order valence-corrected chi connectivity index (χ2v) is 5.06. The monoisotopic (exact) mass is 292 g/mol. The fourth-order valence-corrected chi connectivity index (χ4v) is 2.77. The molecule has 1 aliphatic heterocycles. The summed E-state index contributed by atoms with van der Waals surface area (Å²) in [7, 11) is 0. The molecule has 2 aromatic rings. The lowest BCUT2D eigenvalue weighted by molar-refractivity contribution is -0.384. The largest absolute Gasteiger partial charge is 0.347 e. The molecule has 0 unspecified atom stereocenters. The first-order chi connectivity index (χ1) is 9.75. The van der Waals surface area contributed by atoms with E-state index in [1.54, 1.807) is 12.3 Å². The molecule has 0 N–H and O–H groups in total. The average Bonchev–Trinajstić information content (AvgIpc) is 3.02. The fraction of sp³-hybridized carbons (Fsp3) is 0.364. The molecule has 0 spiro atoms.